The fourth-order valence-corrected chi connectivity index (χ4v) is 2.35. The standard InChI is InChI=1S/C14H22O3/c1-4-6-14(8-9-17-11-16-3)7-5-13(15)12(2)10-14/h4-5,7,12H,1,6,8-11H2,2-3H3. The smallest absolute Gasteiger partial charge is 0.158 e. The van der Waals surface area contributed by atoms with Gasteiger partial charge in [-0.05, 0) is 30.8 Å². The third kappa shape index (κ3) is 4.10. The Morgan fingerprint density at radius 1 is 1.65 bits per heavy atom. The highest BCUT2D eigenvalue weighted by Gasteiger charge is 2.33. The first-order chi connectivity index (χ1) is 8.13. The summed E-state index contributed by atoms with van der Waals surface area (Å²) in [6, 6.07) is 0. The highest BCUT2D eigenvalue weighted by molar-refractivity contribution is 5.92. The maximum atomic E-state index is 11.5. The first-order valence-electron chi connectivity index (χ1n) is 6.04. The van der Waals surface area contributed by atoms with Gasteiger partial charge in [0.25, 0.3) is 0 Å². The van der Waals surface area contributed by atoms with E-state index in [0.717, 1.165) is 19.3 Å². The largest absolute Gasteiger partial charge is 0.359 e. The van der Waals surface area contributed by atoms with E-state index in [2.05, 4.69) is 6.58 Å². The molecule has 0 radical (unpaired) electrons. The van der Waals surface area contributed by atoms with E-state index in [4.69, 9.17) is 9.47 Å². The molecule has 2 atom stereocenters. The van der Waals surface area contributed by atoms with E-state index >= 15 is 0 Å². The zero-order valence-corrected chi connectivity index (χ0v) is 10.8. The quantitative estimate of drug-likeness (QED) is 0.388. The van der Waals surface area contributed by atoms with Crippen LogP contribution in [0.25, 0.3) is 0 Å². The maximum absolute atomic E-state index is 11.5. The molecule has 0 N–H and O–H groups in total. The van der Waals surface area contributed by atoms with Crippen LogP contribution in [0.1, 0.15) is 26.2 Å². The summed E-state index contributed by atoms with van der Waals surface area (Å²) in [5, 5.41) is 0. The van der Waals surface area contributed by atoms with Gasteiger partial charge in [0.15, 0.2) is 5.78 Å². The Hall–Kier alpha value is -0.930. The maximum Gasteiger partial charge on any atom is 0.158 e. The van der Waals surface area contributed by atoms with E-state index in [-0.39, 0.29) is 17.1 Å². The van der Waals surface area contributed by atoms with Crippen molar-refractivity contribution in [1.82, 2.24) is 0 Å². The van der Waals surface area contributed by atoms with Crippen molar-refractivity contribution in [1.29, 1.82) is 0 Å². The molecule has 0 amide bonds. The SMILES string of the molecule is C=CCC1(CCOCOC)C=CC(=O)C(C)C1. The molecular weight excluding hydrogens is 216 g/mol. The van der Waals surface area contributed by atoms with Crippen molar-refractivity contribution in [2.24, 2.45) is 11.3 Å². The van der Waals surface area contributed by atoms with Crippen LogP contribution < -0.4 is 0 Å². The van der Waals surface area contributed by atoms with E-state index in [0.29, 0.717) is 13.4 Å². The number of ketones is 1. The zero-order chi connectivity index (χ0) is 12.7. The number of rotatable bonds is 7. The van der Waals surface area contributed by atoms with Crippen LogP contribution in [-0.4, -0.2) is 26.3 Å². The van der Waals surface area contributed by atoms with Crippen molar-refractivity contribution in [2.75, 3.05) is 20.5 Å². The second-order valence-corrected chi connectivity index (χ2v) is 4.76. The van der Waals surface area contributed by atoms with Crippen LogP contribution >= 0.6 is 0 Å². The fraction of sp³-hybridized carbons (Fsp3) is 0.643. The predicted octanol–water partition coefficient (Wildman–Crippen LogP) is 2.72. The lowest BCUT2D eigenvalue weighted by atomic mass is 9.70. The molecule has 0 saturated carbocycles. The first kappa shape index (κ1) is 14.1. The lowest BCUT2D eigenvalue weighted by Gasteiger charge is -2.34. The number of carbonyl (C=O) groups is 1. The van der Waals surface area contributed by atoms with Gasteiger partial charge in [-0.25, -0.2) is 0 Å². The molecular formula is C14H22O3. The number of allylic oxidation sites excluding steroid dienone is 3. The van der Waals surface area contributed by atoms with Crippen molar-refractivity contribution >= 4 is 5.78 Å². The van der Waals surface area contributed by atoms with E-state index in [1.807, 2.05) is 19.1 Å². The van der Waals surface area contributed by atoms with Gasteiger partial charge in [0.1, 0.15) is 6.79 Å². The Balaban J connectivity index is 2.59. The minimum Gasteiger partial charge on any atom is -0.359 e. The Labute approximate surface area is 103 Å². The van der Waals surface area contributed by atoms with Gasteiger partial charge in [0, 0.05) is 13.0 Å². The molecule has 1 aliphatic rings. The second-order valence-electron chi connectivity index (χ2n) is 4.76. The number of hydrogen-bond donors (Lipinski definition) is 0. The molecule has 1 rings (SSSR count). The number of hydrogen-bond acceptors (Lipinski definition) is 3. The van der Waals surface area contributed by atoms with E-state index in [9.17, 15) is 4.79 Å². The molecule has 0 aromatic carbocycles. The fourth-order valence-electron chi connectivity index (χ4n) is 2.35. The summed E-state index contributed by atoms with van der Waals surface area (Å²) in [5.41, 5.74) is 0.0306. The van der Waals surface area contributed by atoms with Crippen LogP contribution in [0.15, 0.2) is 24.8 Å². The van der Waals surface area contributed by atoms with E-state index < -0.39 is 0 Å². The summed E-state index contributed by atoms with van der Waals surface area (Å²) >= 11 is 0. The molecule has 96 valence electrons. The Morgan fingerprint density at radius 2 is 2.41 bits per heavy atom. The molecule has 17 heavy (non-hydrogen) atoms. The van der Waals surface area contributed by atoms with Gasteiger partial charge < -0.3 is 9.47 Å². The minimum absolute atomic E-state index is 0.0306. The zero-order valence-electron chi connectivity index (χ0n) is 10.8. The van der Waals surface area contributed by atoms with Gasteiger partial charge in [0.2, 0.25) is 0 Å². The molecule has 0 bridgehead atoms. The van der Waals surface area contributed by atoms with Crippen molar-refractivity contribution in [3.8, 4) is 0 Å². The van der Waals surface area contributed by atoms with E-state index in [1.54, 1.807) is 13.2 Å². The average Bonchev–Trinajstić information content (AvgIpc) is 2.31. The highest BCUT2D eigenvalue weighted by Crippen LogP contribution is 2.39. The molecule has 3 heteroatoms. The number of ether oxygens (including phenoxy) is 2. The molecule has 0 aromatic heterocycles. The van der Waals surface area contributed by atoms with Gasteiger partial charge in [-0.2, -0.15) is 0 Å². The summed E-state index contributed by atoms with van der Waals surface area (Å²) in [6.45, 7) is 6.76. The van der Waals surface area contributed by atoms with Crippen molar-refractivity contribution < 1.29 is 14.3 Å². The van der Waals surface area contributed by atoms with Crippen LogP contribution in [0.2, 0.25) is 0 Å². The summed E-state index contributed by atoms with van der Waals surface area (Å²) in [4.78, 5) is 11.5. The number of methoxy groups -OCH3 is 1. The Morgan fingerprint density at radius 3 is 3.00 bits per heavy atom. The molecule has 0 fully saturated rings. The molecule has 0 spiro atoms. The van der Waals surface area contributed by atoms with Gasteiger partial charge in [-0.3, -0.25) is 4.79 Å². The number of carbonyl (C=O) groups excluding carboxylic acids is 1. The Kier molecular flexibility index (Phi) is 5.59. The van der Waals surface area contributed by atoms with E-state index in [1.165, 1.54) is 0 Å². The second kappa shape index (κ2) is 6.72. The van der Waals surface area contributed by atoms with Crippen LogP contribution in [0.4, 0.5) is 0 Å². The highest BCUT2D eigenvalue weighted by atomic mass is 16.7. The monoisotopic (exact) mass is 238 g/mol. The minimum atomic E-state index is 0.0306. The van der Waals surface area contributed by atoms with Gasteiger partial charge >= 0.3 is 0 Å². The predicted molar refractivity (Wildman–Crippen MR) is 67.6 cm³/mol. The lowest BCUT2D eigenvalue weighted by Crippen LogP contribution is -2.29. The van der Waals surface area contributed by atoms with Gasteiger partial charge in [-0.15, -0.1) is 6.58 Å². The molecule has 0 aliphatic heterocycles. The average molecular weight is 238 g/mol. The molecule has 1 aliphatic carbocycles. The van der Waals surface area contributed by atoms with Crippen molar-refractivity contribution in [3.05, 3.63) is 24.8 Å². The lowest BCUT2D eigenvalue weighted by molar-refractivity contribution is -0.119. The van der Waals surface area contributed by atoms with Crippen LogP contribution in [0.3, 0.4) is 0 Å². The topological polar surface area (TPSA) is 35.5 Å². The summed E-state index contributed by atoms with van der Waals surface area (Å²) in [6.07, 6.45) is 8.34. The third-order valence-corrected chi connectivity index (χ3v) is 3.30. The third-order valence-electron chi connectivity index (χ3n) is 3.30. The Bertz CT molecular complexity index is 296. The van der Waals surface area contributed by atoms with Gasteiger partial charge in [-0.1, -0.05) is 19.1 Å². The molecule has 3 nitrogen and oxygen atoms in total. The van der Waals surface area contributed by atoms with Crippen molar-refractivity contribution in [3.63, 3.8) is 0 Å². The van der Waals surface area contributed by atoms with Gasteiger partial charge in [0.05, 0.1) is 6.61 Å². The first-order valence-corrected chi connectivity index (χ1v) is 6.04. The summed E-state index contributed by atoms with van der Waals surface area (Å²) in [5.74, 6) is 0.324. The van der Waals surface area contributed by atoms with Crippen LogP contribution in [0, 0.1) is 11.3 Å². The van der Waals surface area contributed by atoms with Crippen LogP contribution in [0.5, 0.6) is 0 Å². The normalized spacial score (nSPS) is 28.4. The molecule has 0 saturated heterocycles. The summed E-state index contributed by atoms with van der Waals surface area (Å²) < 4.78 is 10.2. The summed E-state index contributed by atoms with van der Waals surface area (Å²) in [7, 11) is 1.61. The molecule has 2 unspecified atom stereocenters. The molecule has 0 aromatic rings. The van der Waals surface area contributed by atoms with Crippen molar-refractivity contribution in [2.45, 2.75) is 26.2 Å². The molecule has 0 heterocycles. The van der Waals surface area contributed by atoms with Crippen LogP contribution in [-0.2, 0) is 14.3 Å².